The second-order valence-corrected chi connectivity index (χ2v) is 5.76. The average molecular weight is 254 g/mol. The molecule has 1 saturated carbocycles. The van der Waals surface area contributed by atoms with Crippen LogP contribution in [0.25, 0.3) is 0 Å². The summed E-state index contributed by atoms with van der Waals surface area (Å²) in [5, 5.41) is 9.01. The molecular formula is C13H22N2O3. The smallest absolute Gasteiger partial charge is 0.308 e. The van der Waals surface area contributed by atoms with Gasteiger partial charge in [0.1, 0.15) is 0 Å². The Morgan fingerprint density at radius 2 is 1.94 bits per heavy atom. The summed E-state index contributed by atoms with van der Waals surface area (Å²) in [5.74, 6) is -1.17. The Morgan fingerprint density at radius 1 is 1.28 bits per heavy atom. The van der Waals surface area contributed by atoms with Gasteiger partial charge in [-0.25, -0.2) is 0 Å². The molecule has 0 spiro atoms. The summed E-state index contributed by atoms with van der Waals surface area (Å²) in [5.41, 5.74) is 5.86. The number of carboxylic acid groups (broad SMARTS) is 1. The molecule has 102 valence electrons. The van der Waals surface area contributed by atoms with Crippen molar-refractivity contribution in [3.05, 3.63) is 0 Å². The topological polar surface area (TPSA) is 83.6 Å². The third-order valence-electron chi connectivity index (χ3n) is 4.23. The second-order valence-electron chi connectivity index (χ2n) is 5.76. The van der Waals surface area contributed by atoms with Crippen molar-refractivity contribution >= 4 is 11.9 Å². The lowest BCUT2D eigenvalue weighted by Crippen LogP contribution is -2.47. The highest BCUT2D eigenvalue weighted by Gasteiger charge is 2.35. The lowest BCUT2D eigenvalue weighted by atomic mass is 9.92. The zero-order valence-corrected chi connectivity index (χ0v) is 10.7. The van der Waals surface area contributed by atoms with E-state index in [1.807, 2.05) is 0 Å². The molecule has 1 atom stereocenters. The largest absolute Gasteiger partial charge is 0.481 e. The van der Waals surface area contributed by atoms with E-state index in [0.717, 1.165) is 32.1 Å². The minimum atomic E-state index is -0.796. The molecule has 1 heterocycles. The van der Waals surface area contributed by atoms with Crippen LogP contribution in [0, 0.1) is 5.92 Å². The molecule has 0 aromatic heterocycles. The minimum Gasteiger partial charge on any atom is -0.481 e. The summed E-state index contributed by atoms with van der Waals surface area (Å²) in [6.07, 6.45) is 5.85. The number of amides is 1. The van der Waals surface area contributed by atoms with Gasteiger partial charge in [0.05, 0.1) is 5.92 Å². The van der Waals surface area contributed by atoms with Crippen molar-refractivity contribution in [3.8, 4) is 0 Å². The third kappa shape index (κ3) is 3.02. The molecule has 1 saturated heterocycles. The highest BCUT2D eigenvalue weighted by atomic mass is 16.4. The Balaban J connectivity index is 1.90. The molecule has 0 bridgehead atoms. The molecule has 0 aromatic carbocycles. The molecule has 1 unspecified atom stereocenters. The number of carbonyl (C=O) groups is 2. The Kier molecular flexibility index (Phi) is 3.90. The van der Waals surface area contributed by atoms with Gasteiger partial charge in [-0.1, -0.05) is 12.8 Å². The number of rotatable bonds is 3. The summed E-state index contributed by atoms with van der Waals surface area (Å²) in [6, 6.07) is 0. The van der Waals surface area contributed by atoms with Crippen LogP contribution < -0.4 is 5.73 Å². The number of nitrogens with two attached hydrogens (primary N) is 1. The summed E-state index contributed by atoms with van der Waals surface area (Å²) >= 11 is 0. The van der Waals surface area contributed by atoms with Crippen LogP contribution in [-0.2, 0) is 9.59 Å². The molecule has 5 heteroatoms. The maximum absolute atomic E-state index is 12.2. The van der Waals surface area contributed by atoms with E-state index in [9.17, 15) is 9.59 Å². The maximum Gasteiger partial charge on any atom is 0.308 e. The molecule has 5 nitrogen and oxygen atoms in total. The fraction of sp³-hybridized carbons (Fsp3) is 0.846. The van der Waals surface area contributed by atoms with E-state index in [2.05, 4.69) is 0 Å². The highest BCUT2D eigenvalue weighted by molar-refractivity contribution is 5.79. The van der Waals surface area contributed by atoms with E-state index < -0.39 is 11.9 Å². The van der Waals surface area contributed by atoms with Gasteiger partial charge in [0.25, 0.3) is 0 Å². The Labute approximate surface area is 107 Å². The average Bonchev–Trinajstić information content (AvgIpc) is 2.76. The first kappa shape index (κ1) is 13.3. The van der Waals surface area contributed by atoms with Gasteiger partial charge >= 0.3 is 5.97 Å². The van der Waals surface area contributed by atoms with Crippen LogP contribution in [0.5, 0.6) is 0 Å². The normalized spacial score (nSPS) is 27.2. The lowest BCUT2D eigenvalue weighted by molar-refractivity contribution is -0.145. The van der Waals surface area contributed by atoms with Crippen molar-refractivity contribution in [3.63, 3.8) is 0 Å². The second kappa shape index (κ2) is 5.26. The number of likely N-dealkylation sites (tertiary alicyclic amines) is 1. The van der Waals surface area contributed by atoms with Gasteiger partial charge in [-0.2, -0.15) is 0 Å². The zero-order valence-electron chi connectivity index (χ0n) is 10.7. The molecule has 2 rings (SSSR count). The fourth-order valence-electron chi connectivity index (χ4n) is 3.07. The van der Waals surface area contributed by atoms with Crippen LogP contribution in [0.4, 0.5) is 0 Å². The van der Waals surface area contributed by atoms with E-state index in [1.54, 1.807) is 4.90 Å². The summed E-state index contributed by atoms with van der Waals surface area (Å²) in [6.45, 7) is 1.03. The molecule has 0 aromatic rings. The first-order valence-electron chi connectivity index (χ1n) is 6.80. The van der Waals surface area contributed by atoms with Gasteiger partial charge in [-0.3, -0.25) is 9.59 Å². The minimum absolute atomic E-state index is 0.0327. The van der Waals surface area contributed by atoms with Crippen molar-refractivity contribution in [1.29, 1.82) is 0 Å². The highest BCUT2D eigenvalue weighted by Crippen LogP contribution is 2.31. The molecule has 0 radical (unpaired) electrons. The first-order valence-corrected chi connectivity index (χ1v) is 6.80. The van der Waals surface area contributed by atoms with E-state index in [4.69, 9.17) is 10.8 Å². The molecule has 3 N–H and O–H groups in total. The van der Waals surface area contributed by atoms with Crippen molar-refractivity contribution in [2.45, 2.75) is 50.5 Å². The van der Waals surface area contributed by atoms with Crippen molar-refractivity contribution in [2.75, 3.05) is 13.1 Å². The van der Waals surface area contributed by atoms with Gasteiger partial charge in [0.2, 0.25) is 5.91 Å². The molecule has 1 amide bonds. The predicted octanol–water partition coefficient (Wildman–Crippen LogP) is 0.971. The summed E-state index contributed by atoms with van der Waals surface area (Å²) in [4.78, 5) is 24.8. The van der Waals surface area contributed by atoms with E-state index in [0.29, 0.717) is 25.9 Å². The van der Waals surface area contributed by atoms with Gasteiger partial charge in [0, 0.05) is 25.0 Å². The van der Waals surface area contributed by atoms with Crippen LogP contribution in [-0.4, -0.2) is 40.5 Å². The van der Waals surface area contributed by atoms with Gasteiger partial charge in [0.15, 0.2) is 0 Å². The zero-order chi connectivity index (χ0) is 13.2. The molecule has 1 aliphatic carbocycles. The van der Waals surface area contributed by atoms with E-state index in [1.165, 1.54) is 0 Å². The van der Waals surface area contributed by atoms with Crippen LogP contribution in [0.15, 0.2) is 0 Å². The van der Waals surface area contributed by atoms with Crippen LogP contribution in [0.3, 0.4) is 0 Å². The Bertz CT molecular complexity index is 337. The fourth-order valence-corrected chi connectivity index (χ4v) is 3.07. The van der Waals surface area contributed by atoms with Crippen LogP contribution in [0.1, 0.15) is 44.9 Å². The Morgan fingerprint density at radius 3 is 2.56 bits per heavy atom. The Hall–Kier alpha value is -1.10. The van der Waals surface area contributed by atoms with Crippen LogP contribution in [0.2, 0.25) is 0 Å². The SMILES string of the molecule is NC1(CC(=O)N2CCCC(C(=O)O)C2)CCCC1. The van der Waals surface area contributed by atoms with Crippen LogP contribution >= 0.6 is 0 Å². The monoisotopic (exact) mass is 254 g/mol. The van der Waals surface area contributed by atoms with E-state index in [-0.39, 0.29) is 11.4 Å². The maximum atomic E-state index is 12.2. The predicted molar refractivity (Wildman–Crippen MR) is 66.9 cm³/mol. The number of hydrogen-bond donors (Lipinski definition) is 2. The van der Waals surface area contributed by atoms with Gasteiger partial charge < -0.3 is 15.7 Å². The summed E-state index contributed by atoms with van der Waals surface area (Å²) in [7, 11) is 0. The number of carboxylic acids is 1. The van der Waals surface area contributed by atoms with Gasteiger partial charge in [-0.05, 0) is 25.7 Å². The number of aliphatic carboxylic acids is 1. The van der Waals surface area contributed by atoms with E-state index >= 15 is 0 Å². The number of nitrogens with zero attached hydrogens (tertiary/aromatic N) is 1. The number of hydrogen-bond acceptors (Lipinski definition) is 3. The van der Waals surface area contributed by atoms with Gasteiger partial charge in [-0.15, -0.1) is 0 Å². The molecule has 1 aliphatic heterocycles. The molecule has 2 aliphatic rings. The number of carbonyl (C=O) groups excluding carboxylic acids is 1. The third-order valence-corrected chi connectivity index (χ3v) is 4.23. The van der Waals surface area contributed by atoms with Crippen molar-refractivity contribution in [1.82, 2.24) is 4.90 Å². The first-order chi connectivity index (χ1) is 8.50. The number of piperidine rings is 1. The summed E-state index contributed by atoms with van der Waals surface area (Å²) < 4.78 is 0. The molecule has 2 fully saturated rings. The molecular weight excluding hydrogens is 232 g/mol. The molecule has 18 heavy (non-hydrogen) atoms. The van der Waals surface area contributed by atoms with Crippen molar-refractivity contribution < 1.29 is 14.7 Å². The lowest BCUT2D eigenvalue weighted by Gasteiger charge is -2.33. The van der Waals surface area contributed by atoms with Crippen molar-refractivity contribution in [2.24, 2.45) is 11.7 Å². The quantitative estimate of drug-likeness (QED) is 0.786. The standard InChI is InChI=1S/C13H22N2O3/c14-13(5-1-2-6-13)8-11(16)15-7-3-4-10(9-15)12(17)18/h10H,1-9,14H2,(H,17,18).